The third-order valence-corrected chi connectivity index (χ3v) is 1.94. The SMILES string of the molecule is CCCCC/C=C\COC(=O)CCC. The second-order valence-electron chi connectivity index (χ2n) is 3.40. The van der Waals surface area contributed by atoms with Gasteiger partial charge in [-0.25, -0.2) is 0 Å². The molecule has 2 nitrogen and oxygen atoms in total. The van der Waals surface area contributed by atoms with Crippen LogP contribution in [0.15, 0.2) is 12.2 Å². The normalized spacial score (nSPS) is 10.7. The molecule has 0 atom stereocenters. The van der Waals surface area contributed by atoms with E-state index < -0.39 is 0 Å². The van der Waals surface area contributed by atoms with Crippen LogP contribution in [0.1, 0.15) is 52.4 Å². The van der Waals surface area contributed by atoms with Crippen LogP contribution >= 0.6 is 0 Å². The molecule has 0 aromatic carbocycles. The van der Waals surface area contributed by atoms with Crippen molar-refractivity contribution in [1.82, 2.24) is 0 Å². The van der Waals surface area contributed by atoms with Crippen LogP contribution in [-0.4, -0.2) is 12.6 Å². The lowest BCUT2D eigenvalue weighted by Crippen LogP contribution is -2.02. The summed E-state index contributed by atoms with van der Waals surface area (Å²) in [5, 5.41) is 0. The van der Waals surface area contributed by atoms with Crippen molar-refractivity contribution >= 4 is 5.97 Å². The number of allylic oxidation sites excluding steroid dienone is 1. The Bertz CT molecular complexity index is 162. The first-order valence-corrected chi connectivity index (χ1v) is 5.61. The lowest BCUT2D eigenvalue weighted by atomic mass is 10.2. The molecule has 0 bridgehead atoms. The van der Waals surface area contributed by atoms with Gasteiger partial charge in [-0.3, -0.25) is 4.79 Å². The lowest BCUT2D eigenvalue weighted by molar-refractivity contribution is -0.142. The van der Waals surface area contributed by atoms with Gasteiger partial charge in [-0.15, -0.1) is 0 Å². The molecular weight excluding hydrogens is 176 g/mol. The Hall–Kier alpha value is -0.790. The van der Waals surface area contributed by atoms with Crippen molar-refractivity contribution < 1.29 is 9.53 Å². The fraction of sp³-hybridized carbons (Fsp3) is 0.750. The summed E-state index contributed by atoms with van der Waals surface area (Å²) in [4.78, 5) is 10.9. The summed E-state index contributed by atoms with van der Waals surface area (Å²) in [6.07, 6.45) is 10.3. The number of esters is 1. The van der Waals surface area contributed by atoms with E-state index in [1.807, 2.05) is 13.0 Å². The molecule has 0 radical (unpaired) electrons. The molecule has 82 valence electrons. The standard InChI is InChI=1S/C12H22O2/c1-3-5-6-7-8-9-11-14-12(13)10-4-2/h8-9H,3-7,10-11H2,1-2H3/b9-8-. The average molecular weight is 198 g/mol. The zero-order chi connectivity index (χ0) is 10.6. The second kappa shape index (κ2) is 10.3. The smallest absolute Gasteiger partial charge is 0.306 e. The highest BCUT2D eigenvalue weighted by Crippen LogP contribution is 1.99. The van der Waals surface area contributed by atoms with Gasteiger partial charge in [-0.05, 0) is 19.3 Å². The minimum Gasteiger partial charge on any atom is -0.461 e. The monoisotopic (exact) mass is 198 g/mol. The van der Waals surface area contributed by atoms with E-state index in [1.54, 1.807) is 0 Å². The number of carbonyl (C=O) groups is 1. The van der Waals surface area contributed by atoms with E-state index in [9.17, 15) is 4.79 Å². The first kappa shape index (κ1) is 13.2. The lowest BCUT2D eigenvalue weighted by Gasteiger charge is -1.98. The van der Waals surface area contributed by atoms with Gasteiger partial charge in [0.05, 0.1) is 0 Å². The predicted molar refractivity (Wildman–Crippen MR) is 59.1 cm³/mol. The van der Waals surface area contributed by atoms with Crippen LogP contribution in [0, 0.1) is 0 Å². The molecule has 0 spiro atoms. The minimum atomic E-state index is -0.0919. The van der Waals surface area contributed by atoms with Crippen LogP contribution in [0.2, 0.25) is 0 Å². The van der Waals surface area contributed by atoms with E-state index in [-0.39, 0.29) is 5.97 Å². The third kappa shape index (κ3) is 9.30. The van der Waals surface area contributed by atoms with E-state index in [4.69, 9.17) is 4.74 Å². The Balaban J connectivity index is 3.21. The van der Waals surface area contributed by atoms with Crippen molar-refractivity contribution in [2.75, 3.05) is 6.61 Å². The fourth-order valence-electron chi connectivity index (χ4n) is 1.12. The number of rotatable bonds is 8. The Kier molecular flexibility index (Phi) is 9.71. The molecule has 0 N–H and O–H groups in total. The molecule has 0 aromatic rings. The maximum atomic E-state index is 10.9. The maximum absolute atomic E-state index is 10.9. The Labute approximate surface area is 87.3 Å². The Morgan fingerprint density at radius 3 is 2.57 bits per heavy atom. The van der Waals surface area contributed by atoms with Crippen LogP contribution in [0.5, 0.6) is 0 Å². The quantitative estimate of drug-likeness (QED) is 0.339. The second-order valence-corrected chi connectivity index (χ2v) is 3.40. The van der Waals surface area contributed by atoms with Crippen LogP contribution < -0.4 is 0 Å². The molecule has 0 aliphatic rings. The van der Waals surface area contributed by atoms with Gasteiger partial charge in [0, 0.05) is 6.42 Å². The van der Waals surface area contributed by atoms with E-state index >= 15 is 0 Å². The number of unbranched alkanes of at least 4 members (excludes halogenated alkanes) is 3. The first-order valence-electron chi connectivity index (χ1n) is 5.61. The van der Waals surface area contributed by atoms with Gasteiger partial charge in [0.1, 0.15) is 6.61 Å². The molecule has 0 aliphatic carbocycles. The van der Waals surface area contributed by atoms with Gasteiger partial charge in [0.25, 0.3) is 0 Å². The highest BCUT2D eigenvalue weighted by molar-refractivity contribution is 5.69. The molecule has 0 unspecified atom stereocenters. The topological polar surface area (TPSA) is 26.3 Å². The predicted octanol–water partition coefficient (Wildman–Crippen LogP) is 3.47. The largest absolute Gasteiger partial charge is 0.461 e. The summed E-state index contributed by atoms with van der Waals surface area (Å²) >= 11 is 0. The molecule has 0 fully saturated rings. The van der Waals surface area contributed by atoms with Gasteiger partial charge >= 0.3 is 5.97 Å². The molecule has 0 heterocycles. The molecule has 14 heavy (non-hydrogen) atoms. The van der Waals surface area contributed by atoms with Crippen LogP contribution in [0.3, 0.4) is 0 Å². The summed E-state index contributed by atoms with van der Waals surface area (Å²) in [5.74, 6) is -0.0919. The average Bonchev–Trinajstić information content (AvgIpc) is 2.17. The fourth-order valence-corrected chi connectivity index (χ4v) is 1.12. The molecule has 0 aromatic heterocycles. The molecule has 0 aliphatic heterocycles. The van der Waals surface area contributed by atoms with E-state index in [0.717, 1.165) is 12.8 Å². The van der Waals surface area contributed by atoms with Gasteiger partial charge in [0.15, 0.2) is 0 Å². The molecule has 2 heteroatoms. The summed E-state index contributed by atoms with van der Waals surface area (Å²) < 4.78 is 4.96. The molecule has 0 saturated heterocycles. The first-order chi connectivity index (χ1) is 6.81. The van der Waals surface area contributed by atoms with Crippen LogP contribution in [0.4, 0.5) is 0 Å². The van der Waals surface area contributed by atoms with Crippen molar-refractivity contribution in [2.45, 2.75) is 52.4 Å². The van der Waals surface area contributed by atoms with Gasteiger partial charge < -0.3 is 4.74 Å². The van der Waals surface area contributed by atoms with Crippen LogP contribution in [0.25, 0.3) is 0 Å². The maximum Gasteiger partial charge on any atom is 0.306 e. The van der Waals surface area contributed by atoms with E-state index in [0.29, 0.717) is 13.0 Å². The van der Waals surface area contributed by atoms with E-state index in [2.05, 4.69) is 13.0 Å². The summed E-state index contributed by atoms with van der Waals surface area (Å²) in [6, 6.07) is 0. The zero-order valence-electron chi connectivity index (χ0n) is 9.42. The summed E-state index contributed by atoms with van der Waals surface area (Å²) in [5.41, 5.74) is 0. The number of carbonyl (C=O) groups excluding carboxylic acids is 1. The highest BCUT2D eigenvalue weighted by atomic mass is 16.5. The van der Waals surface area contributed by atoms with Crippen molar-refractivity contribution in [3.8, 4) is 0 Å². The Morgan fingerprint density at radius 2 is 1.93 bits per heavy atom. The molecule has 0 saturated carbocycles. The third-order valence-electron chi connectivity index (χ3n) is 1.94. The van der Waals surface area contributed by atoms with Crippen molar-refractivity contribution in [2.24, 2.45) is 0 Å². The molecular formula is C12H22O2. The minimum absolute atomic E-state index is 0.0919. The van der Waals surface area contributed by atoms with Crippen molar-refractivity contribution in [3.05, 3.63) is 12.2 Å². The zero-order valence-corrected chi connectivity index (χ0v) is 9.42. The summed E-state index contributed by atoms with van der Waals surface area (Å²) in [6.45, 7) is 4.60. The van der Waals surface area contributed by atoms with Crippen molar-refractivity contribution in [1.29, 1.82) is 0 Å². The van der Waals surface area contributed by atoms with Gasteiger partial charge in [-0.2, -0.15) is 0 Å². The number of hydrogen-bond acceptors (Lipinski definition) is 2. The van der Waals surface area contributed by atoms with Crippen LogP contribution in [-0.2, 0) is 9.53 Å². The molecule has 0 rings (SSSR count). The Morgan fingerprint density at radius 1 is 1.14 bits per heavy atom. The van der Waals surface area contributed by atoms with E-state index in [1.165, 1.54) is 19.3 Å². The van der Waals surface area contributed by atoms with Gasteiger partial charge in [0.2, 0.25) is 0 Å². The number of ether oxygens (including phenoxy) is 1. The highest BCUT2D eigenvalue weighted by Gasteiger charge is 1.96. The molecule has 0 amide bonds. The van der Waals surface area contributed by atoms with Crippen molar-refractivity contribution in [3.63, 3.8) is 0 Å². The van der Waals surface area contributed by atoms with Gasteiger partial charge in [-0.1, -0.05) is 38.8 Å². The summed E-state index contributed by atoms with van der Waals surface area (Å²) in [7, 11) is 0. The number of hydrogen-bond donors (Lipinski definition) is 0.